The van der Waals surface area contributed by atoms with Gasteiger partial charge in [-0.3, -0.25) is 19.6 Å². The second kappa shape index (κ2) is 5.28. The number of carbonyl (C=O) groups is 1. The molecule has 8 nitrogen and oxygen atoms in total. The van der Waals surface area contributed by atoms with Gasteiger partial charge in [0.25, 0.3) is 0 Å². The third-order valence-corrected chi connectivity index (χ3v) is 1.87. The van der Waals surface area contributed by atoms with Gasteiger partial charge in [-0.1, -0.05) is 0 Å². The number of nitro groups is 1. The Balaban J connectivity index is 2.63. The van der Waals surface area contributed by atoms with Crippen molar-refractivity contribution in [3.63, 3.8) is 0 Å². The number of anilines is 1. The predicted octanol–water partition coefficient (Wildman–Crippen LogP) is 0.265. The molecule has 0 aromatic carbocycles. The van der Waals surface area contributed by atoms with Gasteiger partial charge in [0.2, 0.25) is 11.7 Å². The Hall–Kier alpha value is -2.12. The van der Waals surface area contributed by atoms with Crippen molar-refractivity contribution in [2.45, 2.75) is 19.9 Å². The number of rotatable bonds is 5. The normalized spacial score (nSPS) is 10.4. The monoisotopic (exact) mass is 241 g/mol. The van der Waals surface area contributed by atoms with Crippen molar-refractivity contribution in [1.29, 1.82) is 0 Å². The first-order chi connectivity index (χ1) is 7.90. The molecule has 1 heterocycles. The van der Waals surface area contributed by atoms with Crippen LogP contribution in [0, 0.1) is 10.1 Å². The summed E-state index contributed by atoms with van der Waals surface area (Å²) in [5, 5.41) is 19.8. The van der Waals surface area contributed by atoms with Gasteiger partial charge >= 0.3 is 5.69 Å². The molecule has 0 radical (unpaired) electrons. The van der Waals surface area contributed by atoms with Crippen LogP contribution in [0.3, 0.4) is 0 Å². The number of carbonyl (C=O) groups excluding carboxylic acids is 1. The van der Waals surface area contributed by atoms with Crippen LogP contribution in [0.15, 0.2) is 6.20 Å². The third kappa shape index (κ3) is 3.74. The van der Waals surface area contributed by atoms with Gasteiger partial charge in [-0.25, -0.2) is 0 Å². The number of nitrogens with one attached hydrogen (secondary N) is 2. The molecule has 0 spiro atoms. The van der Waals surface area contributed by atoms with E-state index in [1.165, 1.54) is 10.9 Å². The first kappa shape index (κ1) is 12.9. The highest BCUT2D eigenvalue weighted by atomic mass is 16.6. The standard InChI is InChI=1S/C9H15N5O3/c1-6(2)11-8(15)4-10-9-7(14(16)17)5-13(3)12-9/h5-6H,4H2,1-3H3,(H,10,12)(H,11,15). The van der Waals surface area contributed by atoms with Gasteiger partial charge in [-0.05, 0) is 13.8 Å². The van der Waals surface area contributed by atoms with Crippen LogP contribution >= 0.6 is 0 Å². The van der Waals surface area contributed by atoms with Crippen LogP contribution in [-0.4, -0.2) is 33.2 Å². The van der Waals surface area contributed by atoms with Gasteiger partial charge in [-0.15, -0.1) is 5.10 Å². The van der Waals surface area contributed by atoms with Crippen LogP contribution < -0.4 is 10.6 Å². The molecule has 1 amide bonds. The fourth-order valence-electron chi connectivity index (χ4n) is 1.27. The third-order valence-electron chi connectivity index (χ3n) is 1.87. The van der Waals surface area contributed by atoms with Crippen LogP contribution in [0.5, 0.6) is 0 Å². The molecule has 17 heavy (non-hydrogen) atoms. The zero-order chi connectivity index (χ0) is 13.0. The maximum absolute atomic E-state index is 11.3. The molecule has 0 fully saturated rings. The van der Waals surface area contributed by atoms with Gasteiger partial charge in [0, 0.05) is 13.1 Å². The van der Waals surface area contributed by atoms with Crippen molar-refractivity contribution >= 4 is 17.4 Å². The minimum absolute atomic E-state index is 0.0306. The van der Waals surface area contributed by atoms with E-state index in [0.717, 1.165) is 0 Å². The minimum Gasteiger partial charge on any atom is -0.354 e. The zero-order valence-electron chi connectivity index (χ0n) is 9.93. The molecule has 0 aliphatic rings. The van der Waals surface area contributed by atoms with Crippen molar-refractivity contribution in [3.8, 4) is 0 Å². The molecule has 0 aliphatic carbocycles. The van der Waals surface area contributed by atoms with E-state index in [4.69, 9.17) is 0 Å². The fourth-order valence-corrected chi connectivity index (χ4v) is 1.27. The van der Waals surface area contributed by atoms with E-state index in [1.54, 1.807) is 7.05 Å². The first-order valence-electron chi connectivity index (χ1n) is 5.11. The van der Waals surface area contributed by atoms with E-state index in [1.807, 2.05) is 13.8 Å². The smallest absolute Gasteiger partial charge is 0.330 e. The number of hydrogen-bond donors (Lipinski definition) is 2. The van der Waals surface area contributed by atoms with E-state index in [-0.39, 0.29) is 30.0 Å². The second-order valence-corrected chi connectivity index (χ2v) is 3.87. The lowest BCUT2D eigenvalue weighted by molar-refractivity contribution is -0.384. The summed E-state index contributed by atoms with van der Waals surface area (Å²) < 4.78 is 1.32. The first-order valence-corrected chi connectivity index (χ1v) is 5.11. The lowest BCUT2D eigenvalue weighted by atomic mass is 10.4. The molecule has 2 N–H and O–H groups in total. The quantitative estimate of drug-likeness (QED) is 0.568. The number of hydrogen-bond acceptors (Lipinski definition) is 5. The van der Waals surface area contributed by atoms with Crippen LogP contribution in [0.25, 0.3) is 0 Å². The Morgan fingerprint density at radius 1 is 1.65 bits per heavy atom. The summed E-state index contributed by atoms with van der Waals surface area (Å²) in [6, 6.07) is 0.0306. The van der Waals surface area contributed by atoms with E-state index in [9.17, 15) is 14.9 Å². The highest BCUT2D eigenvalue weighted by Crippen LogP contribution is 2.20. The van der Waals surface area contributed by atoms with Gasteiger partial charge in [-0.2, -0.15) is 0 Å². The van der Waals surface area contributed by atoms with Crippen LogP contribution in [0.1, 0.15) is 13.8 Å². The molecule has 0 aliphatic heterocycles. The number of nitrogens with zero attached hydrogens (tertiary/aromatic N) is 3. The molecule has 8 heteroatoms. The van der Waals surface area contributed by atoms with Gasteiger partial charge in [0.05, 0.1) is 11.5 Å². The van der Waals surface area contributed by atoms with E-state index in [2.05, 4.69) is 15.7 Å². The fraction of sp³-hybridized carbons (Fsp3) is 0.556. The molecule has 0 bridgehead atoms. The molecule has 0 unspecified atom stereocenters. The van der Waals surface area contributed by atoms with Crippen molar-refractivity contribution in [2.75, 3.05) is 11.9 Å². The van der Waals surface area contributed by atoms with E-state index >= 15 is 0 Å². The maximum atomic E-state index is 11.3. The summed E-state index contributed by atoms with van der Waals surface area (Å²) in [4.78, 5) is 21.5. The largest absolute Gasteiger partial charge is 0.354 e. The van der Waals surface area contributed by atoms with Gasteiger partial charge < -0.3 is 10.6 Å². The highest BCUT2D eigenvalue weighted by molar-refractivity contribution is 5.81. The van der Waals surface area contributed by atoms with E-state index in [0.29, 0.717) is 0 Å². The maximum Gasteiger partial charge on any atom is 0.330 e. The Labute approximate surface area is 98.1 Å². The summed E-state index contributed by atoms with van der Waals surface area (Å²) in [5.74, 6) is -0.142. The van der Waals surface area contributed by atoms with Crippen LogP contribution in [0.2, 0.25) is 0 Å². The number of aromatic nitrogens is 2. The van der Waals surface area contributed by atoms with Crippen molar-refractivity contribution in [3.05, 3.63) is 16.3 Å². The Kier molecular flexibility index (Phi) is 4.02. The summed E-state index contributed by atoms with van der Waals surface area (Å²) >= 11 is 0. The second-order valence-electron chi connectivity index (χ2n) is 3.87. The molecule has 0 saturated carbocycles. The zero-order valence-corrected chi connectivity index (χ0v) is 9.93. The van der Waals surface area contributed by atoms with Gasteiger partial charge in [0.1, 0.15) is 6.20 Å². The predicted molar refractivity (Wildman–Crippen MR) is 61.6 cm³/mol. The molecule has 1 aromatic heterocycles. The Morgan fingerprint density at radius 3 is 2.82 bits per heavy atom. The summed E-state index contributed by atoms with van der Waals surface area (Å²) in [6.45, 7) is 3.62. The molecule has 1 aromatic rings. The molecule has 94 valence electrons. The van der Waals surface area contributed by atoms with Crippen LogP contribution in [0.4, 0.5) is 11.5 Å². The molecular formula is C9H15N5O3. The van der Waals surface area contributed by atoms with Gasteiger partial charge in [0.15, 0.2) is 0 Å². The highest BCUT2D eigenvalue weighted by Gasteiger charge is 2.18. The molecule has 0 atom stereocenters. The van der Waals surface area contributed by atoms with Crippen LogP contribution in [-0.2, 0) is 11.8 Å². The lowest BCUT2D eigenvalue weighted by Crippen LogP contribution is -2.35. The number of aryl methyl sites for hydroxylation is 1. The van der Waals surface area contributed by atoms with Crippen molar-refractivity contribution in [1.82, 2.24) is 15.1 Å². The average Bonchev–Trinajstić information content (AvgIpc) is 2.55. The lowest BCUT2D eigenvalue weighted by Gasteiger charge is -2.08. The topological polar surface area (TPSA) is 102 Å². The average molecular weight is 241 g/mol. The SMILES string of the molecule is CC(C)NC(=O)CNc1nn(C)cc1[N+](=O)[O-]. The van der Waals surface area contributed by atoms with Crippen molar-refractivity contribution in [2.24, 2.45) is 7.05 Å². The summed E-state index contributed by atoms with van der Waals surface area (Å²) in [6.07, 6.45) is 1.28. The summed E-state index contributed by atoms with van der Waals surface area (Å²) in [7, 11) is 1.58. The number of amides is 1. The molecule has 1 rings (SSSR count). The molecular weight excluding hydrogens is 226 g/mol. The van der Waals surface area contributed by atoms with Crippen molar-refractivity contribution < 1.29 is 9.72 Å². The Bertz CT molecular complexity index is 426. The minimum atomic E-state index is -0.546. The Morgan fingerprint density at radius 2 is 2.29 bits per heavy atom. The van der Waals surface area contributed by atoms with E-state index < -0.39 is 4.92 Å². The summed E-state index contributed by atoms with van der Waals surface area (Å²) in [5.41, 5.74) is -0.148. The molecule has 0 saturated heterocycles.